The molecule has 4 rings (SSSR count). The molecule has 5 nitrogen and oxygen atoms in total. The third-order valence-corrected chi connectivity index (χ3v) is 5.28. The molecule has 0 radical (unpaired) electrons. The second-order valence-corrected chi connectivity index (χ2v) is 7.12. The number of aryl methyl sites for hydroxylation is 2. The van der Waals surface area contributed by atoms with Gasteiger partial charge >= 0.3 is 0 Å². The van der Waals surface area contributed by atoms with E-state index in [1.54, 1.807) is 0 Å². The highest BCUT2D eigenvalue weighted by molar-refractivity contribution is 5.93. The fourth-order valence-corrected chi connectivity index (χ4v) is 3.91. The topological polar surface area (TPSA) is 64.0 Å². The molecular weight excluding hydrogens is 338 g/mol. The summed E-state index contributed by atoms with van der Waals surface area (Å²) >= 11 is 0. The molecule has 1 atom stereocenters. The largest absolute Gasteiger partial charge is 0.349 e. The monoisotopic (exact) mass is 361 g/mol. The van der Waals surface area contributed by atoms with Gasteiger partial charge in [-0.2, -0.15) is 9.78 Å². The van der Waals surface area contributed by atoms with Crippen LogP contribution in [0.5, 0.6) is 0 Å². The molecule has 1 N–H and O–H groups in total. The van der Waals surface area contributed by atoms with Crippen LogP contribution >= 0.6 is 0 Å². The van der Waals surface area contributed by atoms with Gasteiger partial charge in [0.05, 0.1) is 17.3 Å². The molecular formula is C22H23N3O2. The van der Waals surface area contributed by atoms with Gasteiger partial charge in [-0.1, -0.05) is 42.5 Å². The maximum Gasteiger partial charge on any atom is 0.247 e. The van der Waals surface area contributed by atoms with Crippen LogP contribution in [-0.4, -0.2) is 21.6 Å². The summed E-state index contributed by atoms with van der Waals surface area (Å²) < 4.78 is 1.42. The predicted octanol–water partition coefficient (Wildman–Crippen LogP) is 3.96. The molecule has 1 aliphatic rings. The van der Waals surface area contributed by atoms with Gasteiger partial charge in [0.25, 0.3) is 0 Å². The summed E-state index contributed by atoms with van der Waals surface area (Å²) in [6.45, 7) is 1.89. The molecule has 0 bridgehead atoms. The molecule has 2 aromatic carbocycles. The molecule has 0 saturated carbocycles. The van der Waals surface area contributed by atoms with Crippen LogP contribution < -0.4 is 5.32 Å². The highest BCUT2D eigenvalue weighted by atomic mass is 16.2. The van der Waals surface area contributed by atoms with Gasteiger partial charge in [-0.05, 0) is 43.4 Å². The summed E-state index contributed by atoms with van der Waals surface area (Å²) in [7, 11) is 0. The fourth-order valence-electron chi connectivity index (χ4n) is 3.91. The van der Waals surface area contributed by atoms with Gasteiger partial charge in [0, 0.05) is 18.2 Å². The van der Waals surface area contributed by atoms with Crippen molar-refractivity contribution in [2.75, 3.05) is 0 Å². The summed E-state index contributed by atoms with van der Waals surface area (Å²) in [6.07, 6.45) is 3.39. The summed E-state index contributed by atoms with van der Waals surface area (Å²) in [5.74, 6) is -0.239. The number of hydrogen-bond donors (Lipinski definition) is 1. The minimum absolute atomic E-state index is 0.0466. The Hall–Kier alpha value is -2.95. The minimum atomic E-state index is -0.154. The van der Waals surface area contributed by atoms with Crippen molar-refractivity contribution < 1.29 is 9.59 Å². The maximum atomic E-state index is 12.6. The molecule has 0 saturated heterocycles. The van der Waals surface area contributed by atoms with E-state index in [2.05, 4.69) is 22.5 Å². The number of benzene rings is 2. The van der Waals surface area contributed by atoms with Crippen LogP contribution in [0.4, 0.5) is 0 Å². The van der Waals surface area contributed by atoms with Gasteiger partial charge in [0.1, 0.15) is 0 Å². The molecule has 1 aliphatic carbocycles. The van der Waals surface area contributed by atoms with Crippen molar-refractivity contribution in [3.8, 4) is 0 Å². The second-order valence-electron chi connectivity index (χ2n) is 7.12. The van der Waals surface area contributed by atoms with Crippen molar-refractivity contribution in [1.82, 2.24) is 15.1 Å². The summed E-state index contributed by atoms with van der Waals surface area (Å²) in [5.41, 5.74) is 4.13. The van der Waals surface area contributed by atoms with Crippen molar-refractivity contribution in [3.63, 3.8) is 0 Å². The Morgan fingerprint density at radius 2 is 1.89 bits per heavy atom. The summed E-state index contributed by atoms with van der Waals surface area (Å²) in [5, 5.41) is 8.42. The molecule has 1 unspecified atom stereocenters. The third-order valence-electron chi connectivity index (χ3n) is 5.28. The molecule has 0 aliphatic heterocycles. The Bertz CT molecular complexity index is 1010. The van der Waals surface area contributed by atoms with Gasteiger partial charge in [-0.25, -0.2) is 0 Å². The van der Waals surface area contributed by atoms with Crippen LogP contribution in [0.15, 0.2) is 48.5 Å². The van der Waals surface area contributed by atoms with Crippen LogP contribution in [0.25, 0.3) is 10.9 Å². The van der Waals surface area contributed by atoms with Crippen molar-refractivity contribution in [3.05, 3.63) is 65.4 Å². The quantitative estimate of drug-likeness (QED) is 0.765. The van der Waals surface area contributed by atoms with Crippen LogP contribution in [-0.2, 0) is 11.2 Å². The van der Waals surface area contributed by atoms with E-state index in [-0.39, 0.29) is 30.7 Å². The van der Waals surface area contributed by atoms with Gasteiger partial charge < -0.3 is 5.32 Å². The number of carbonyl (C=O) groups is 2. The molecule has 138 valence electrons. The van der Waals surface area contributed by atoms with Crippen molar-refractivity contribution in [1.29, 1.82) is 0 Å². The van der Waals surface area contributed by atoms with Gasteiger partial charge in [-0.15, -0.1) is 0 Å². The Balaban J connectivity index is 1.40. The highest BCUT2D eigenvalue weighted by Crippen LogP contribution is 2.29. The van der Waals surface area contributed by atoms with Crippen molar-refractivity contribution in [2.45, 2.75) is 45.1 Å². The lowest BCUT2D eigenvalue weighted by Gasteiger charge is -2.26. The lowest BCUT2D eigenvalue weighted by molar-refractivity contribution is -0.121. The van der Waals surface area contributed by atoms with E-state index in [1.165, 1.54) is 15.8 Å². The van der Waals surface area contributed by atoms with E-state index >= 15 is 0 Å². The zero-order valence-corrected chi connectivity index (χ0v) is 15.4. The van der Waals surface area contributed by atoms with E-state index in [0.29, 0.717) is 0 Å². The second kappa shape index (κ2) is 7.35. The van der Waals surface area contributed by atoms with E-state index in [0.717, 1.165) is 35.9 Å². The van der Waals surface area contributed by atoms with Gasteiger partial charge in [-0.3, -0.25) is 9.59 Å². The standard InChI is InChI=1S/C22H23N3O2/c1-15-17-9-4-5-12-20(17)25(24-15)22(27)14-13-21(26)23-19-11-6-8-16-7-2-3-10-18(16)19/h2-5,7,9-10,12,19H,6,8,11,13-14H2,1H3,(H,23,26). The molecule has 1 aromatic heterocycles. The lowest BCUT2D eigenvalue weighted by atomic mass is 9.87. The van der Waals surface area contributed by atoms with E-state index in [4.69, 9.17) is 0 Å². The number of nitrogens with one attached hydrogen (secondary N) is 1. The number of nitrogens with zero attached hydrogens (tertiary/aromatic N) is 2. The number of hydrogen-bond acceptors (Lipinski definition) is 3. The summed E-state index contributed by atoms with van der Waals surface area (Å²) in [4.78, 5) is 25.0. The molecule has 5 heteroatoms. The van der Waals surface area contributed by atoms with Crippen LogP contribution in [0.3, 0.4) is 0 Å². The average Bonchev–Trinajstić information content (AvgIpc) is 3.04. The average molecular weight is 361 g/mol. The number of fused-ring (bicyclic) bond motifs is 2. The number of carbonyl (C=O) groups excluding carboxylic acids is 2. The first-order chi connectivity index (χ1) is 13.1. The Kier molecular flexibility index (Phi) is 4.75. The molecule has 3 aromatic rings. The normalized spacial score (nSPS) is 16.1. The van der Waals surface area contributed by atoms with Crippen LogP contribution in [0.2, 0.25) is 0 Å². The lowest BCUT2D eigenvalue weighted by Crippen LogP contribution is -2.31. The van der Waals surface area contributed by atoms with E-state index in [1.807, 2.05) is 43.3 Å². The third kappa shape index (κ3) is 3.50. The van der Waals surface area contributed by atoms with Crippen molar-refractivity contribution in [2.24, 2.45) is 0 Å². The zero-order chi connectivity index (χ0) is 18.8. The van der Waals surface area contributed by atoms with Crippen LogP contribution in [0.1, 0.15) is 53.3 Å². The number of aromatic nitrogens is 2. The number of rotatable bonds is 4. The van der Waals surface area contributed by atoms with Crippen molar-refractivity contribution >= 4 is 22.7 Å². The molecule has 1 amide bonds. The minimum Gasteiger partial charge on any atom is -0.349 e. The van der Waals surface area contributed by atoms with Crippen LogP contribution in [0, 0.1) is 6.92 Å². The Labute approximate surface area is 158 Å². The Morgan fingerprint density at radius 1 is 1.11 bits per heavy atom. The predicted molar refractivity (Wildman–Crippen MR) is 105 cm³/mol. The van der Waals surface area contributed by atoms with E-state index in [9.17, 15) is 9.59 Å². The Morgan fingerprint density at radius 3 is 2.78 bits per heavy atom. The molecule has 0 fully saturated rings. The SMILES string of the molecule is Cc1nn(C(=O)CCC(=O)NC2CCCc3ccccc32)c2ccccc12. The zero-order valence-electron chi connectivity index (χ0n) is 15.4. The molecule has 1 heterocycles. The maximum absolute atomic E-state index is 12.6. The first-order valence-corrected chi connectivity index (χ1v) is 9.48. The van der Waals surface area contributed by atoms with Gasteiger partial charge in [0.2, 0.25) is 11.8 Å². The fraction of sp³-hybridized carbons (Fsp3) is 0.318. The molecule has 27 heavy (non-hydrogen) atoms. The van der Waals surface area contributed by atoms with E-state index < -0.39 is 0 Å². The highest BCUT2D eigenvalue weighted by Gasteiger charge is 2.22. The smallest absolute Gasteiger partial charge is 0.247 e. The first-order valence-electron chi connectivity index (χ1n) is 9.48. The summed E-state index contributed by atoms with van der Waals surface area (Å²) in [6, 6.07) is 16.0. The van der Waals surface area contributed by atoms with Gasteiger partial charge in [0.15, 0.2) is 0 Å². The molecule has 0 spiro atoms. The number of para-hydroxylation sites is 1. The first kappa shape index (κ1) is 17.5. The number of amides is 1.